The zero-order valence-corrected chi connectivity index (χ0v) is 28.5. The second-order valence-corrected chi connectivity index (χ2v) is 14.4. The van der Waals surface area contributed by atoms with Gasteiger partial charge in [-0.1, -0.05) is 109 Å². The fourth-order valence-corrected chi connectivity index (χ4v) is 5.80. The third-order valence-electron chi connectivity index (χ3n) is 10.1. The second-order valence-electron chi connectivity index (χ2n) is 14.4. The van der Waals surface area contributed by atoms with Gasteiger partial charge < -0.3 is 23.7 Å². The molecule has 1 atom stereocenters. The van der Waals surface area contributed by atoms with Crippen LogP contribution in [0.4, 0.5) is 0 Å². The molecule has 1 unspecified atom stereocenters. The molecular weight excluding hydrogens is 582 g/mol. The van der Waals surface area contributed by atoms with Crippen molar-refractivity contribution in [2.45, 2.75) is 77.3 Å². The van der Waals surface area contributed by atoms with Crippen molar-refractivity contribution in [2.24, 2.45) is 0 Å². The van der Waals surface area contributed by atoms with Crippen molar-refractivity contribution in [1.82, 2.24) is 0 Å². The molecule has 7 heteroatoms. The second kappa shape index (κ2) is 12.6. The molecule has 6 rings (SSSR count). The molecule has 2 aliphatic heterocycles. The zero-order chi connectivity index (χ0) is 33.5. The summed E-state index contributed by atoms with van der Waals surface area (Å²) < 4.78 is 25.5. The van der Waals surface area contributed by atoms with Gasteiger partial charge in [0.15, 0.2) is 0 Å². The largest absolute Gasteiger partial charge is 0.508 e. The number of benzene rings is 4. The van der Waals surface area contributed by atoms with E-state index in [1.807, 2.05) is 18.2 Å². The maximum atomic E-state index is 9.49. The molecular formula is C40H44B2O5. The lowest BCUT2D eigenvalue weighted by Crippen LogP contribution is -2.46. The van der Waals surface area contributed by atoms with Crippen molar-refractivity contribution in [2.75, 3.05) is 0 Å². The Kier molecular flexibility index (Phi) is 8.88. The van der Waals surface area contributed by atoms with E-state index >= 15 is 0 Å². The SMILES string of the molecule is CC1(C)OB(c2ccc(/C=C/c3ccc(CC4(C)OB(c5ccc(/C=C/c6ccc(O)cc6)cc5)OC4(C)C)cc3)cc2)OC1(C)C. The smallest absolute Gasteiger partial charge is 0.494 e. The normalized spacial score (nSPS) is 21.7. The van der Waals surface area contributed by atoms with E-state index in [0.717, 1.165) is 39.6 Å². The van der Waals surface area contributed by atoms with E-state index in [0.29, 0.717) is 0 Å². The molecule has 0 radical (unpaired) electrons. The van der Waals surface area contributed by atoms with Crippen LogP contribution in [0.25, 0.3) is 24.3 Å². The molecule has 5 nitrogen and oxygen atoms in total. The lowest BCUT2D eigenvalue weighted by Gasteiger charge is -2.36. The maximum Gasteiger partial charge on any atom is 0.494 e. The summed E-state index contributed by atoms with van der Waals surface area (Å²) in [6, 6.07) is 32.4. The van der Waals surface area contributed by atoms with Crippen LogP contribution in [0, 0.1) is 0 Å². The fraction of sp³-hybridized carbons (Fsp3) is 0.300. The summed E-state index contributed by atoms with van der Waals surface area (Å²) in [6.45, 7) is 14.6. The monoisotopic (exact) mass is 626 g/mol. The molecule has 0 saturated carbocycles. The van der Waals surface area contributed by atoms with Gasteiger partial charge in [0.25, 0.3) is 0 Å². The van der Waals surface area contributed by atoms with Gasteiger partial charge in [-0.15, -0.1) is 0 Å². The van der Waals surface area contributed by atoms with E-state index in [1.165, 1.54) is 5.56 Å². The summed E-state index contributed by atoms with van der Waals surface area (Å²) in [6.07, 6.45) is 9.07. The number of phenols is 1. The van der Waals surface area contributed by atoms with Gasteiger partial charge in [0, 0.05) is 6.42 Å². The Morgan fingerprint density at radius 2 is 0.809 bits per heavy atom. The van der Waals surface area contributed by atoms with Crippen LogP contribution in [-0.2, 0) is 25.0 Å². The van der Waals surface area contributed by atoms with E-state index < -0.39 is 18.3 Å². The third kappa shape index (κ3) is 7.19. The van der Waals surface area contributed by atoms with Crippen LogP contribution in [0.15, 0.2) is 97.1 Å². The van der Waals surface area contributed by atoms with Crippen molar-refractivity contribution in [3.63, 3.8) is 0 Å². The van der Waals surface area contributed by atoms with Gasteiger partial charge in [0.1, 0.15) is 5.75 Å². The molecule has 4 aromatic rings. The Labute approximate surface area is 280 Å². The van der Waals surface area contributed by atoms with Gasteiger partial charge in [0.2, 0.25) is 0 Å². The quantitative estimate of drug-likeness (QED) is 0.162. The lowest BCUT2D eigenvalue weighted by molar-refractivity contribution is -0.00877. The number of hydrogen-bond donors (Lipinski definition) is 1. The molecule has 0 aliphatic carbocycles. The lowest BCUT2D eigenvalue weighted by atomic mass is 9.78. The van der Waals surface area contributed by atoms with Crippen LogP contribution >= 0.6 is 0 Å². The predicted molar refractivity (Wildman–Crippen MR) is 195 cm³/mol. The Hall–Kier alpha value is -3.87. The van der Waals surface area contributed by atoms with Crippen molar-refractivity contribution in [1.29, 1.82) is 0 Å². The minimum absolute atomic E-state index is 0.265. The highest BCUT2D eigenvalue weighted by Gasteiger charge is 2.54. The Bertz CT molecular complexity index is 1720. The molecule has 2 saturated heterocycles. The Morgan fingerprint density at radius 3 is 1.23 bits per heavy atom. The molecule has 240 valence electrons. The molecule has 1 N–H and O–H groups in total. The predicted octanol–water partition coefficient (Wildman–Crippen LogP) is 7.55. The number of aromatic hydroxyl groups is 1. The summed E-state index contributed by atoms with van der Waals surface area (Å²) in [5, 5.41) is 9.49. The first-order valence-electron chi connectivity index (χ1n) is 16.4. The standard InChI is InChI=1S/C40H44B2O5/c1-37(2)38(3,4)45-41(44-37)34-22-16-30(17-23-34)9-8-29-12-14-33(15-13-29)28-40(7)39(5,6)46-42(47-40)35-24-18-31(19-25-35)10-11-32-20-26-36(43)27-21-32/h8-27,43H,28H2,1-7H3/b9-8+,11-10+. The minimum atomic E-state index is -0.509. The molecule has 2 heterocycles. The van der Waals surface area contributed by atoms with Crippen LogP contribution in [0.1, 0.15) is 76.3 Å². The maximum absolute atomic E-state index is 9.49. The van der Waals surface area contributed by atoms with Crippen molar-refractivity contribution < 1.29 is 23.7 Å². The molecule has 2 fully saturated rings. The average molecular weight is 626 g/mol. The van der Waals surface area contributed by atoms with Gasteiger partial charge in [-0.25, -0.2) is 0 Å². The van der Waals surface area contributed by atoms with Gasteiger partial charge in [-0.3, -0.25) is 0 Å². The molecule has 0 aromatic heterocycles. The van der Waals surface area contributed by atoms with Gasteiger partial charge >= 0.3 is 14.2 Å². The van der Waals surface area contributed by atoms with E-state index in [1.54, 1.807) is 12.1 Å². The zero-order valence-electron chi connectivity index (χ0n) is 28.5. The van der Waals surface area contributed by atoms with Crippen molar-refractivity contribution in [3.8, 4) is 5.75 Å². The first-order valence-corrected chi connectivity index (χ1v) is 16.4. The number of rotatable bonds is 8. The van der Waals surface area contributed by atoms with Crippen LogP contribution in [0.2, 0.25) is 0 Å². The molecule has 0 spiro atoms. The van der Waals surface area contributed by atoms with Crippen molar-refractivity contribution in [3.05, 3.63) is 125 Å². The molecule has 2 aliphatic rings. The first kappa shape index (κ1) is 33.0. The molecule has 0 amide bonds. The van der Waals surface area contributed by atoms with Gasteiger partial charge in [-0.05, 0) is 99.3 Å². The highest BCUT2D eigenvalue weighted by atomic mass is 16.7. The van der Waals surface area contributed by atoms with Crippen LogP contribution in [-0.4, -0.2) is 41.7 Å². The van der Waals surface area contributed by atoms with Crippen LogP contribution in [0.3, 0.4) is 0 Å². The Morgan fingerprint density at radius 1 is 0.468 bits per heavy atom. The third-order valence-corrected chi connectivity index (χ3v) is 10.1. The first-order chi connectivity index (χ1) is 22.2. The molecule has 4 aromatic carbocycles. The van der Waals surface area contributed by atoms with E-state index in [9.17, 15) is 5.11 Å². The average Bonchev–Trinajstić information content (AvgIpc) is 3.41. The Balaban J connectivity index is 1.06. The fourth-order valence-electron chi connectivity index (χ4n) is 5.80. The van der Waals surface area contributed by atoms with Gasteiger partial charge in [-0.2, -0.15) is 0 Å². The number of phenolic OH excluding ortho intramolecular Hbond substituents is 1. The molecule has 47 heavy (non-hydrogen) atoms. The summed E-state index contributed by atoms with van der Waals surface area (Å²) in [5.41, 5.74) is 5.88. The summed E-state index contributed by atoms with van der Waals surface area (Å²) in [4.78, 5) is 0. The van der Waals surface area contributed by atoms with E-state index in [2.05, 4.69) is 139 Å². The number of hydrogen-bond acceptors (Lipinski definition) is 5. The van der Waals surface area contributed by atoms with Crippen molar-refractivity contribution >= 4 is 49.5 Å². The topological polar surface area (TPSA) is 57.2 Å². The molecule has 0 bridgehead atoms. The summed E-state index contributed by atoms with van der Waals surface area (Å²) in [5.74, 6) is 0.265. The van der Waals surface area contributed by atoms with Crippen LogP contribution in [0.5, 0.6) is 5.75 Å². The highest BCUT2D eigenvalue weighted by molar-refractivity contribution is 6.62. The summed E-state index contributed by atoms with van der Waals surface area (Å²) in [7, 11) is -0.795. The highest BCUT2D eigenvalue weighted by Crippen LogP contribution is 2.40. The van der Waals surface area contributed by atoms with Crippen LogP contribution < -0.4 is 10.9 Å². The minimum Gasteiger partial charge on any atom is -0.508 e. The summed E-state index contributed by atoms with van der Waals surface area (Å²) >= 11 is 0. The van der Waals surface area contributed by atoms with E-state index in [-0.39, 0.29) is 24.1 Å². The van der Waals surface area contributed by atoms with Gasteiger partial charge in [0.05, 0.1) is 22.4 Å². The van der Waals surface area contributed by atoms with E-state index in [4.69, 9.17) is 18.6 Å².